The Hall–Kier alpha value is 3.38. The average Bonchev–Trinajstić information content (AvgIpc) is 3.13. The Morgan fingerprint density at radius 1 is 0.269 bits per heavy atom. The number of hydrogen-bond donors (Lipinski definition) is 0. The molecule has 4 rings (SSSR count). The van der Waals surface area contributed by atoms with Crippen molar-refractivity contribution in [2.24, 2.45) is 0 Å². The molecule has 24 heteroatoms. The summed E-state index contributed by atoms with van der Waals surface area (Å²) in [5, 5.41) is 1.42. The van der Waals surface area contributed by atoms with Crippen LogP contribution in [0.5, 0.6) is 0 Å². The summed E-state index contributed by atoms with van der Waals surface area (Å²) >= 11 is 133. The fourth-order valence-electron chi connectivity index (χ4n) is 3.34. The van der Waals surface area contributed by atoms with E-state index >= 15 is 0 Å². The van der Waals surface area contributed by atoms with Gasteiger partial charge in [0.2, 0.25) is 0 Å². The van der Waals surface area contributed by atoms with E-state index in [-0.39, 0.29) is 129 Å². The van der Waals surface area contributed by atoms with Gasteiger partial charge in [-0.15, -0.1) is 0 Å². The van der Waals surface area contributed by atoms with Crippen molar-refractivity contribution in [2.45, 2.75) is 19.6 Å². The topological polar surface area (TPSA) is 0 Å². The lowest BCUT2D eigenvalue weighted by molar-refractivity contribution is 1.45. The van der Waals surface area contributed by atoms with Gasteiger partial charge >= 0.3 is 0 Å². The van der Waals surface area contributed by atoms with Gasteiger partial charge in [-0.25, -0.2) is 0 Å². The summed E-state index contributed by atoms with van der Waals surface area (Å²) in [5.41, 5.74) is 0. The fraction of sp³-hybridized carbons (Fsp3) is 0. The van der Waals surface area contributed by atoms with Crippen LogP contribution in [0.4, 0.5) is 0 Å². The van der Waals surface area contributed by atoms with E-state index in [1.807, 2.05) is 0 Å². The summed E-state index contributed by atoms with van der Waals surface area (Å²) in [7, 11) is 0. The molecule has 0 unspecified atom stereocenters. The quantitative estimate of drug-likeness (QED) is 0.0782. The highest BCUT2D eigenvalue weighted by Gasteiger charge is 2.28. The molecule has 4 aromatic rings. The van der Waals surface area contributed by atoms with Crippen LogP contribution < -0.4 is 0 Å². The van der Waals surface area contributed by atoms with Crippen molar-refractivity contribution in [3.8, 4) is 11.2 Å². The molecule has 52 heavy (non-hydrogen) atoms. The van der Waals surface area contributed by atoms with E-state index in [4.69, 9.17) is 232 Å². The fourth-order valence-corrected chi connectivity index (χ4v) is 13.3. The van der Waals surface area contributed by atoms with Crippen molar-refractivity contribution < 1.29 is 0 Å². The largest absolute Gasteiger partial charge is 0.0839 e. The first-order valence-corrected chi connectivity index (χ1v) is 23.0. The first kappa shape index (κ1) is 48.1. The highest BCUT2D eigenvalue weighted by atomic mass is 35.5. The van der Waals surface area contributed by atoms with Gasteiger partial charge in [0.1, 0.15) is 0 Å². The van der Waals surface area contributed by atoms with Crippen LogP contribution in [0, 0.1) is 11.2 Å². The monoisotopic (exact) mass is 1160 g/mol. The van der Waals surface area contributed by atoms with Gasteiger partial charge in [0.05, 0.1) is 129 Å². The van der Waals surface area contributed by atoms with Gasteiger partial charge in [0.15, 0.2) is 0 Å². The van der Waals surface area contributed by atoms with Gasteiger partial charge < -0.3 is 0 Å². The Morgan fingerprint density at radius 3 is 0.750 bits per heavy atom. The minimum Gasteiger partial charge on any atom is -0.0813 e. The third-order valence-corrected chi connectivity index (χ3v) is 20.5. The van der Waals surface area contributed by atoms with Crippen LogP contribution in [0.3, 0.4) is 0 Å². The van der Waals surface area contributed by atoms with E-state index in [1.165, 1.54) is 0 Å². The van der Waals surface area contributed by atoms with Crippen LogP contribution in [0.15, 0.2) is 28.7 Å². The molecule has 0 atom stereocenters. The summed E-state index contributed by atoms with van der Waals surface area (Å²) in [4.78, 5) is 0.700. The van der Waals surface area contributed by atoms with Gasteiger partial charge in [0.25, 0.3) is 0 Å². The van der Waals surface area contributed by atoms with Crippen molar-refractivity contribution in [2.75, 3.05) is 0 Å². The van der Waals surface area contributed by atoms with Crippen LogP contribution >= 0.6 is 279 Å². The minimum atomic E-state index is -0.0998. The Bertz CT molecular complexity index is 2090. The van der Waals surface area contributed by atoms with Crippen LogP contribution in [0.25, 0.3) is 0 Å². The molecule has 0 amide bonds. The van der Waals surface area contributed by atoms with E-state index < -0.39 is 0 Å². The predicted molar refractivity (Wildman–Crippen MR) is 244 cm³/mol. The molecule has 4 aromatic carbocycles. The van der Waals surface area contributed by atoms with Crippen LogP contribution in [-0.2, 0) is 0 Å². The van der Waals surface area contributed by atoms with Crippen molar-refractivity contribution in [1.29, 1.82) is 0 Å². The van der Waals surface area contributed by atoms with Gasteiger partial charge in [0, 0.05) is 0 Å². The lowest BCUT2D eigenvalue weighted by Crippen LogP contribution is -1.90. The molecule has 0 aliphatic carbocycles. The van der Waals surface area contributed by atoms with Crippen LogP contribution in [0.1, 0.15) is 0 Å². The number of halogens is 20. The summed E-state index contributed by atoms with van der Waals surface area (Å²) in [6, 6.07) is 0. The lowest BCUT2D eigenvalue weighted by atomic mass is 10.3. The third kappa shape index (κ3) is 9.94. The second kappa shape index (κ2) is 20.3. The molecule has 0 aliphatic rings. The molecule has 0 spiro atoms. The molecule has 276 valence electrons. The normalized spacial score (nSPS) is 11.2. The van der Waals surface area contributed by atoms with E-state index in [2.05, 4.69) is 11.2 Å². The maximum absolute atomic E-state index is 6.66. The van der Waals surface area contributed by atoms with Gasteiger partial charge in [-0.05, 0) is 22.9 Å². The zero-order valence-corrected chi connectivity index (χ0v) is 41.6. The molecule has 0 fully saturated rings. The van der Waals surface area contributed by atoms with Crippen molar-refractivity contribution in [3.63, 3.8) is 0 Å². The van der Waals surface area contributed by atoms with Crippen molar-refractivity contribution in [3.05, 3.63) is 110 Å². The third-order valence-electron chi connectivity index (χ3n) is 5.77. The van der Waals surface area contributed by atoms with E-state index in [1.54, 1.807) is 0 Å². The highest BCUT2D eigenvalue weighted by Crippen LogP contribution is 2.59. The maximum Gasteiger partial charge on any atom is 0.0839 e. The summed E-state index contributed by atoms with van der Waals surface area (Å²) in [5.74, 6) is 3.02. The Morgan fingerprint density at radius 2 is 0.481 bits per heavy atom. The Kier molecular flexibility index (Phi) is 18.8. The van der Waals surface area contributed by atoms with Crippen molar-refractivity contribution in [1.82, 2.24) is 0 Å². The molecule has 0 bridgehead atoms. The van der Waals surface area contributed by atoms with Crippen molar-refractivity contribution >= 4 is 279 Å². The first-order chi connectivity index (χ1) is 24.1. The Labute approximate surface area is 413 Å². The molecule has 0 N–H and O–H groups in total. The summed E-state index contributed by atoms with van der Waals surface area (Å²) < 4.78 is 0.216. The maximum atomic E-state index is 6.66. The molecule has 0 nitrogen and oxygen atoms in total. The number of rotatable bonds is 7. The number of thioether (sulfide) groups is 4. The average molecular weight is 1170 g/mol. The standard InChI is InChI=1S/C28Cl20S4/c29-4-8(33)16(41)24(17(42)9(4)34)49-2-1-3(50-25-18(43)10(35)5(30)11(36)19(25)44)28(51-26-20(45)12(37)6(31)13(38)21(26)46)52-27-22(47)14(39)7(32)15(40)23(27)48. The zero-order valence-electron chi connectivity index (χ0n) is 23.2. The number of benzene rings is 4. The summed E-state index contributed by atoms with van der Waals surface area (Å²) in [6.07, 6.45) is 0. The van der Waals surface area contributed by atoms with E-state index in [0.29, 0.717) is 0 Å². The molecular formula is C28Cl20S4. The van der Waals surface area contributed by atoms with E-state index in [9.17, 15) is 0 Å². The molecule has 0 aromatic heterocycles. The van der Waals surface area contributed by atoms with Gasteiger partial charge in [-0.2, -0.15) is 0 Å². The van der Waals surface area contributed by atoms with Gasteiger partial charge in [-0.1, -0.05) is 267 Å². The number of hydrogen-bond acceptors (Lipinski definition) is 4. The second-order valence-electron chi connectivity index (χ2n) is 8.85. The molecule has 0 saturated carbocycles. The molecule has 0 aliphatic heterocycles. The zero-order chi connectivity index (χ0) is 39.3. The van der Waals surface area contributed by atoms with Gasteiger partial charge in [-0.3, -0.25) is 0 Å². The molecule has 0 saturated heterocycles. The predicted octanol–water partition coefficient (Wildman–Crippen LogP) is 22.4. The number of allylic oxidation sites excluding steroid dienone is 1. The van der Waals surface area contributed by atoms with Crippen LogP contribution in [0.2, 0.25) is 100 Å². The second-order valence-corrected chi connectivity index (χ2v) is 20.5. The smallest absolute Gasteiger partial charge is 0.0813 e. The minimum absolute atomic E-state index is 0.0158. The lowest BCUT2D eigenvalue weighted by Gasteiger charge is -2.18. The summed E-state index contributed by atoms with van der Waals surface area (Å²) in [6.45, 7) is 0. The molecule has 0 heterocycles. The first-order valence-electron chi connectivity index (χ1n) is 12.2. The van der Waals surface area contributed by atoms with Crippen LogP contribution in [-0.4, -0.2) is 0 Å². The van der Waals surface area contributed by atoms with E-state index in [0.717, 1.165) is 47.0 Å². The Balaban J connectivity index is 2.12. The SMILES string of the molecule is Clc1c(Cl)c(Cl)c(SC#CC(Sc2c(Cl)c(Cl)c(Cl)c(Cl)c2Cl)=C(Sc2c(Cl)c(Cl)c(Cl)c(Cl)c2Cl)Sc2c(Cl)c(Cl)c(Cl)c(Cl)c2Cl)c(Cl)c1Cl. The highest BCUT2D eigenvalue weighted by molar-refractivity contribution is 8.23. The molecular weight excluding hydrogens is 1170 g/mol. The molecule has 0 radical (unpaired) electrons.